The van der Waals surface area contributed by atoms with Crippen LogP contribution < -0.4 is 10.6 Å². The lowest BCUT2D eigenvalue weighted by atomic mass is 10.1. The second-order valence-electron chi connectivity index (χ2n) is 6.36. The maximum Gasteiger partial charge on any atom is 0.191 e. The second kappa shape index (κ2) is 6.86. The molecule has 3 rings (SSSR count). The van der Waals surface area contributed by atoms with Crippen LogP contribution in [0.1, 0.15) is 24.8 Å². The van der Waals surface area contributed by atoms with Crippen LogP contribution in [-0.2, 0) is 16.4 Å². The van der Waals surface area contributed by atoms with Gasteiger partial charge in [-0.1, -0.05) is 12.1 Å². The Morgan fingerprint density at radius 2 is 2.13 bits per heavy atom. The van der Waals surface area contributed by atoms with E-state index >= 15 is 0 Å². The molecule has 1 aromatic rings. The van der Waals surface area contributed by atoms with Gasteiger partial charge in [-0.2, -0.15) is 0 Å². The topological polar surface area (TPSA) is 70.6 Å². The minimum atomic E-state index is -2.86. The third kappa shape index (κ3) is 5.20. The summed E-state index contributed by atoms with van der Waals surface area (Å²) < 4.78 is 36.2. The first kappa shape index (κ1) is 16.2. The van der Waals surface area contributed by atoms with Crippen LogP contribution in [0.15, 0.2) is 29.3 Å². The van der Waals surface area contributed by atoms with E-state index in [1.807, 2.05) is 6.07 Å². The molecule has 0 amide bonds. The maximum absolute atomic E-state index is 13.2. The summed E-state index contributed by atoms with van der Waals surface area (Å²) >= 11 is 0. The largest absolute Gasteiger partial charge is 0.356 e. The van der Waals surface area contributed by atoms with Crippen LogP contribution in [0.25, 0.3) is 0 Å². The van der Waals surface area contributed by atoms with E-state index in [2.05, 4.69) is 15.6 Å². The van der Waals surface area contributed by atoms with E-state index in [0.29, 0.717) is 31.5 Å². The highest BCUT2D eigenvalue weighted by atomic mass is 32.2. The smallest absolute Gasteiger partial charge is 0.191 e. The van der Waals surface area contributed by atoms with Crippen LogP contribution in [0.4, 0.5) is 4.39 Å². The lowest BCUT2D eigenvalue weighted by molar-refractivity contribution is 0.566. The SMILES string of the molecule is O=S1(=O)CCC(CNC(=NCc2cccc(F)c2)NC2CC2)C1. The van der Waals surface area contributed by atoms with Gasteiger partial charge in [0, 0.05) is 12.6 Å². The van der Waals surface area contributed by atoms with Crippen LogP contribution in [0.5, 0.6) is 0 Å². The summed E-state index contributed by atoms with van der Waals surface area (Å²) in [6.45, 7) is 0.990. The second-order valence-corrected chi connectivity index (χ2v) is 8.59. The van der Waals surface area contributed by atoms with Crippen molar-refractivity contribution >= 4 is 15.8 Å². The Balaban J connectivity index is 1.57. The number of guanidine groups is 1. The van der Waals surface area contributed by atoms with Gasteiger partial charge in [0.15, 0.2) is 15.8 Å². The Bertz CT molecular complexity index is 686. The molecule has 2 fully saturated rings. The van der Waals surface area contributed by atoms with Crippen molar-refractivity contribution in [2.45, 2.75) is 31.8 Å². The van der Waals surface area contributed by atoms with Gasteiger partial charge in [-0.3, -0.25) is 0 Å². The van der Waals surface area contributed by atoms with E-state index in [4.69, 9.17) is 0 Å². The normalized spacial score (nSPS) is 23.7. The summed E-state index contributed by atoms with van der Waals surface area (Å²) in [5.41, 5.74) is 0.811. The zero-order valence-corrected chi connectivity index (χ0v) is 13.8. The Morgan fingerprint density at radius 1 is 1.30 bits per heavy atom. The molecule has 1 saturated heterocycles. The molecule has 1 aromatic carbocycles. The molecule has 1 atom stereocenters. The van der Waals surface area contributed by atoms with Crippen LogP contribution in [-0.4, -0.2) is 38.5 Å². The van der Waals surface area contributed by atoms with Crippen molar-refractivity contribution in [3.05, 3.63) is 35.6 Å². The van der Waals surface area contributed by atoms with E-state index in [-0.39, 0.29) is 23.2 Å². The third-order valence-corrected chi connectivity index (χ3v) is 5.95. The molecule has 1 heterocycles. The van der Waals surface area contributed by atoms with Gasteiger partial charge in [-0.15, -0.1) is 0 Å². The molecule has 23 heavy (non-hydrogen) atoms. The quantitative estimate of drug-likeness (QED) is 0.629. The van der Waals surface area contributed by atoms with Crippen LogP contribution in [0.2, 0.25) is 0 Å². The van der Waals surface area contributed by atoms with Crippen molar-refractivity contribution in [1.82, 2.24) is 10.6 Å². The fourth-order valence-electron chi connectivity index (χ4n) is 2.65. The zero-order valence-electron chi connectivity index (χ0n) is 13.0. The number of benzene rings is 1. The Hall–Kier alpha value is -1.63. The number of hydrogen-bond donors (Lipinski definition) is 2. The number of nitrogens with one attached hydrogen (secondary N) is 2. The summed E-state index contributed by atoms with van der Waals surface area (Å²) in [6.07, 6.45) is 2.95. The van der Waals surface area contributed by atoms with Gasteiger partial charge in [-0.05, 0) is 42.9 Å². The molecule has 5 nitrogen and oxygen atoms in total. The average molecular weight is 339 g/mol. The first-order valence-corrected chi connectivity index (χ1v) is 9.82. The van der Waals surface area contributed by atoms with E-state index in [1.54, 1.807) is 6.07 Å². The summed E-state index contributed by atoms with van der Waals surface area (Å²) in [5.74, 6) is 1.09. The number of halogens is 1. The molecule has 1 aliphatic heterocycles. The van der Waals surface area contributed by atoms with E-state index in [9.17, 15) is 12.8 Å². The van der Waals surface area contributed by atoms with Gasteiger partial charge >= 0.3 is 0 Å². The highest BCUT2D eigenvalue weighted by molar-refractivity contribution is 7.91. The van der Waals surface area contributed by atoms with Gasteiger partial charge in [0.2, 0.25) is 0 Å². The Kier molecular flexibility index (Phi) is 4.84. The minimum absolute atomic E-state index is 0.139. The molecule has 2 N–H and O–H groups in total. The van der Waals surface area contributed by atoms with Gasteiger partial charge in [0.05, 0.1) is 18.1 Å². The van der Waals surface area contributed by atoms with Crippen molar-refractivity contribution in [2.24, 2.45) is 10.9 Å². The van der Waals surface area contributed by atoms with Crippen molar-refractivity contribution in [3.8, 4) is 0 Å². The number of sulfone groups is 1. The highest BCUT2D eigenvalue weighted by Crippen LogP contribution is 2.19. The molecule has 1 aliphatic carbocycles. The maximum atomic E-state index is 13.2. The summed E-state index contributed by atoms with van der Waals surface area (Å²) in [4.78, 5) is 4.49. The molecule has 2 aliphatic rings. The average Bonchev–Trinajstić information content (AvgIpc) is 3.24. The lowest BCUT2D eigenvalue weighted by Gasteiger charge is -2.14. The molecule has 0 aromatic heterocycles. The molecule has 7 heteroatoms. The van der Waals surface area contributed by atoms with Crippen molar-refractivity contribution in [1.29, 1.82) is 0 Å². The van der Waals surface area contributed by atoms with Crippen molar-refractivity contribution in [3.63, 3.8) is 0 Å². The summed E-state index contributed by atoms with van der Waals surface area (Å²) in [5, 5.41) is 6.55. The van der Waals surface area contributed by atoms with Crippen molar-refractivity contribution in [2.75, 3.05) is 18.1 Å². The summed E-state index contributed by atoms with van der Waals surface area (Å²) in [7, 11) is -2.86. The molecule has 0 spiro atoms. The highest BCUT2D eigenvalue weighted by Gasteiger charge is 2.28. The predicted octanol–water partition coefficient (Wildman–Crippen LogP) is 1.46. The number of aliphatic imine (C=N–C) groups is 1. The number of nitrogens with zero attached hydrogens (tertiary/aromatic N) is 1. The van der Waals surface area contributed by atoms with Crippen LogP contribution in [0, 0.1) is 11.7 Å². The third-order valence-electron chi connectivity index (χ3n) is 4.11. The van der Waals surface area contributed by atoms with Crippen LogP contribution >= 0.6 is 0 Å². The van der Waals surface area contributed by atoms with Gasteiger partial charge in [-0.25, -0.2) is 17.8 Å². The van der Waals surface area contributed by atoms with Crippen LogP contribution in [0.3, 0.4) is 0 Å². The Morgan fingerprint density at radius 3 is 2.78 bits per heavy atom. The fourth-order valence-corrected chi connectivity index (χ4v) is 4.52. The Labute approximate surface area is 136 Å². The molecular weight excluding hydrogens is 317 g/mol. The molecule has 1 saturated carbocycles. The van der Waals surface area contributed by atoms with E-state index in [0.717, 1.165) is 18.4 Å². The van der Waals surface area contributed by atoms with Gasteiger partial charge < -0.3 is 10.6 Å². The first-order chi connectivity index (χ1) is 11.0. The zero-order chi connectivity index (χ0) is 16.3. The van der Waals surface area contributed by atoms with E-state index in [1.165, 1.54) is 12.1 Å². The standard InChI is InChI=1S/C16H22FN3O2S/c17-14-3-1-2-12(8-14)9-18-16(20-15-4-5-15)19-10-13-6-7-23(21,22)11-13/h1-3,8,13,15H,4-7,9-11H2,(H2,18,19,20). The molecule has 0 radical (unpaired) electrons. The first-order valence-electron chi connectivity index (χ1n) is 8.00. The predicted molar refractivity (Wildman–Crippen MR) is 88.5 cm³/mol. The van der Waals surface area contributed by atoms with Crippen molar-refractivity contribution < 1.29 is 12.8 Å². The van der Waals surface area contributed by atoms with Gasteiger partial charge in [0.25, 0.3) is 0 Å². The lowest BCUT2D eigenvalue weighted by Crippen LogP contribution is -2.41. The molecule has 1 unspecified atom stereocenters. The summed E-state index contributed by atoms with van der Waals surface area (Å²) in [6, 6.07) is 6.84. The molecule has 0 bridgehead atoms. The number of rotatable bonds is 5. The monoisotopic (exact) mass is 339 g/mol. The fraction of sp³-hybridized carbons (Fsp3) is 0.562. The minimum Gasteiger partial charge on any atom is -0.356 e. The number of hydrogen-bond acceptors (Lipinski definition) is 3. The van der Waals surface area contributed by atoms with Gasteiger partial charge in [0.1, 0.15) is 5.82 Å². The molecular formula is C16H22FN3O2S. The van der Waals surface area contributed by atoms with E-state index < -0.39 is 9.84 Å². The molecule has 126 valence electrons.